The highest BCUT2D eigenvalue weighted by atomic mass is 19.1. The average Bonchev–Trinajstić information content (AvgIpc) is 2.74. The van der Waals surface area contributed by atoms with Crippen LogP contribution in [0.1, 0.15) is 5.56 Å². The number of methoxy groups -OCH3 is 1. The molecule has 0 saturated heterocycles. The number of anilines is 3. The zero-order valence-electron chi connectivity index (χ0n) is 15.3. The van der Waals surface area contributed by atoms with Crippen molar-refractivity contribution in [3.63, 3.8) is 0 Å². The summed E-state index contributed by atoms with van der Waals surface area (Å²) >= 11 is 0. The Morgan fingerprint density at radius 1 is 0.893 bits per heavy atom. The van der Waals surface area contributed by atoms with E-state index >= 15 is 0 Å². The topological polar surface area (TPSA) is 59.1 Å². The van der Waals surface area contributed by atoms with Crippen molar-refractivity contribution in [3.05, 3.63) is 84.2 Å². The molecule has 0 aliphatic heterocycles. The van der Waals surface area contributed by atoms with Crippen LogP contribution < -0.4 is 15.4 Å². The third-order valence-corrected chi connectivity index (χ3v) is 4.32. The van der Waals surface area contributed by atoms with Gasteiger partial charge in [0.1, 0.15) is 17.4 Å². The van der Waals surface area contributed by atoms with Gasteiger partial charge < -0.3 is 15.4 Å². The second-order valence-corrected chi connectivity index (χ2v) is 6.25. The summed E-state index contributed by atoms with van der Waals surface area (Å²) in [5.41, 5.74) is 2.66. The van der Waals surface area contributed by atoms with Gasteiger partial charge in [0.15, 0.2) is 0 Å². The summed E-state index contributed by atoms with van der Waals surface area (Å²) in [4.78, 5) is 9.23. The van der Waals surface area contributed by atoms with Crippen molar-refractivity contribution in [2.24, 2.45) is 0 Å². The Hall–Kier alpha value is -3.67. The lowest BCUT2D eigenvalue weighted by Gasteiger charge is -2.12. The van der Waals surface area contributed by atoms with E-state index in [1.807, 2.05) is 48.5 Å². The number of hydrogen-bond acceptors (Lipinski definition) is 5. The maximum atomic E-state index is 13.1. The van der Waals surface area contributed by atoms with Crippen LogP contribution in [0, 0.1) is 5.82 Å². The average molecular weight is 374 g/mol. The molecule has 0 aliphatic rings. The minimum atomic E-state index is -0.248. The number of halogens is 1. The van der Waals surface area contributed by atoms with E-state index in [2.05, 4.69) is 20.6 Å². The van der Waals surface area contributed by atoms with Crippen LogP contribution >= 0.6 is 0 Å². The van der Waals surface area contributed by atoms with E-state index in [1.165, 1.54) is 12.1 Å². The van der Waals surface area contributed by atoms with Gasteiger partial charge in [-0.25, -0.2) is 9.37 Å². The number of ether oxygens (including phenoxy) is 1. The first-order valence-electron chi connectivity index (χ1n) is 8.87. The van der Waals surface area contributed by atoms with Crippen LogP contribution in [0.15, 0.2) is 72.8 Å². The Morgan fingerprint density at radius 2 is 1.64 bits per heavy atom. The monoisotopic (exact) mass is 374 g/mol. The van der Waals surface area contributed by atoms with Gasteiger partial charge in [-0.3, -0.25) is 0 Å². The summed E-state index contributed by atoms with van der Waals surface area (Å²) in [7, 11) is 1.63. The number of fused-ring (bicyclic) bond motifs is 1. The molecular weight excluding hydrogens is 355 g/mol. The summed E-state index contributed by atoms with van der Waals surface area (Å²) in [6, 6.07) is 21.8. The molecule has 0 atom stereocenters. The van der Waals surface area contributed by atoms with E-state index in [-0.39, 0.29) is 5.82 Å². The molecule has 0 unspecified atom stereocenters. The Bertz CT molecular complexity index is 1080. The second kappa shape index (κ2) is 7.92. The largest absolute Gasteiger partial charge is 0.497 e. The minimum Gasteiger partial charge on any atom is -0.497 e. The number of rotatable bonds is 6. The molecule has 140 valence electrons. The first-order chi connectivity index (χ1) is 13.7. The van der Waals surface area contributed by atoms with E-state index in [4.69, 9.17) is 4.74 Å². The third-order valence-electron chi connectivity index (χ3n) is 4.32. The lowest BCUT2D eigenvalue weighted by molar-refractivity contribution is 0.415. The molecule has 0 aliphatic carbocycles. The molecule has 2 N–H and O–H groups in total. The zero-order valence-corrected chi connectivity index (χ0v) is 15.3. The van der Waals surface area contributed by atoms with E-state index < -0.39 is 0 Å². The number of nitrogens with one attached hydrogen (secondary N) is 2. The first kappa shape index (κ1) is 17.7. The van der Waals surface area contributed by atoms with Crippen LogP contribution in [-0.2, 0) is 6.54 Å². The van der Waals surface area contributed by atoms with Gasteiger partial charge in [0.05, 0.1) is 12.6 Å². The first-order valence-corrected chi connectivity index (χ1v) is 8.87. The van der Waals surface area contributed by atoms with Crippen molar-refractivity contribution in [3.8, 4) is 5.75 Å². The summed E-state index contributed by atoms with van der Waals surface area (Å²) in [5, 5.41) is 7.48. The van der Waals surface area contributed by atoms with Gasteiger partial charge in [-0.2, -0.15) is 4.98 Å². The minimum absolute atomic E-state index is 0.248. The van der Waals surface area contributed by atoms with Gasteiger partial charge in [-0.1, -0.05) is 24.3 Å². The lowest BCUT2D eigenvalue weighted by Crippen LogP contribution is -2.05. The summed E-state index contributed by atoms with van der Waals surface area (Å²) in [6.07, 6.45) is 0. The maximum absolute atomic E-state index is 13.1. The Morgan fingerprint density at radius 3 is 2.39 bits per heavy atom. The predicted octanol–water partition coefficient (Wildman–Crippen LogP) is 5.13. The molecule has 4 rings (SSSR count). The Labute approximate surface area is 162 Å². The Kier molecular flexibility index (Phi) is 5.01. The van der Waals surface area contributed by atoms with Gasteiger partial charge in [0, 0.05) is 17.6 Å². The molecule has 6 heteroatoms. The quantitative estimate of drug-likeness (QED) is 0.490. The van der Waals surface area contributed by atoms with Crippen LogP contribution in [0.25, 0.3) is 10.9 Å². The molecule has 28 heavy (non-hydrogen) atoms. The summed E-state index contributed by atoms with van der Waals surface area (Å²) in [5.74, 6) is 1.74. The van der Waals surface area contributed by atoms with Crippen molar-refractivity contribution in [1.82, 2.24) is 9.97 Å². The van der Waals surface area contributed by atoms with E-state index in [9.17, 15) is 4.39 Å². The SMILES string of the molecule is COc1ccc(Nc2nc(NCc3ccc(F)cc3)c3ccccc3n2)cc1. The van der Waals surface area contributed by atoms with Gasteiger partial charge in [-0.05, 0) is 54.1 Å². The van der Waals surface area contributed by atoms with Crippen molar-refractivity contribution in [2.45, 2.75) is 6.54 Å². The summed E-state index contributed by atoms with van der Waals surface area (Å²) in [6.45, 7) is 0.531. The van der Waals surface area contributed by atoms with E-state index in [0.29, 0.717) is 18.3 Å². The van der Waals surface area contributed by atoms with Gasteiger partial charge in [0.2, 0.25) is 5.95 Å². The molecule has 0 bridgehead atoms. The molecule has 5 nitrogen and oxygen atoms in total. The molecule has 0 amide bonds. The summed E-state index contributed by atoms with van der Waals surface area (Å²) < 4.78 is 18.3. The molecule has 0 spiro atoms. The zero-order chi connectivity index (χ0) is 19.3. The fourth-order valence-corrected chi connectivity index (χ4v) is 2.86. The number of aromatic nitrogens is 2. The predicted molar refractivity (Wildman–Crippen MR) is 110 cm³/mol. The van der Waals surface area contributed by atoms with Gasteiger partial charge in [0.25, 0.3) is 0 Å². The Balaban J connectivity index is 1.61. The maximum Gasteiger partial charge on any atom is 0.229 e. The van der Waals surface area contributed by atoms with Crippen molar-refractivity contribution >= 4 is 28.4 Å². The lowest BCUT2D eigenvalue weighted by atomic mass is 10.2. The van der Waals surface area contributed by atoms with Crippen LogP contribution in [0.5, 0.6) is 5.75 Å². The fraction of sp³-hybridized carbons (Fsp3) is 0.0909. The fourth-order valence-electron chi connectivity index (χ4n) is 2.86. The molecule has 1 heterocycles. The second-order valence-electron chi connectivity index (χ2n) is 6.25. The molecule has 4 aromatic rings. The van der Waals surface area contributed by atoms with Crippen LogP contribution in [0.2, 0.25) is 0 Å². The number of nitrogens with zero attached hydrogens (tertiary/aromatic N) is 2. The highest BCUT2D eigenvalue weighted by Crippen LogP contribution is 2.25. The molecule has 1 aromatic heterocycles. The molecular formula is C22H19FN4O. The molecule has 0 radical (unpaired) electrons. The highest BCUT2D eigenvalue weighted by molar-refractivity contribution is 5.90. The smallest absolute Gasteiger partial charge is 0.229 e. The van der Waals surface area contributed by atoms with Crippen molar-refractivity contribution in [1.29, 1.82) is 0 Å². The van der Waals surface area contributed by atoms with E-state index in [0.717, 1.165) is 27.9 Å². The van der Waals surface area contributed by atoms with Crippen LogP contribution in [0.4, 0.5) is 21.8 Å². The normalized spacial score (nSPS) is 10.6. The molecule has 0 saturated carbocycles. The third kappa shape index (κ3) is 4.01. The highest BCUT2D eigenvalue weighted by Gasteiger charge is 2.08. The van der Waals surface area contributed by atoms with Gasteiger partial charge in [-0.15, -0.1) is 0 Å². The number of para-hydroxylation sites is 1. The van der Waals surface area contributed by atoms with Crippen LogP contribution in [-0.4, -0.2) is 17.1 Å². The molecule has 3 aromatic carbocycles. The van der Waals surface area contributed by atoms with Crippen molar-refractivity contribution < 1.29 is 9.13 Å². The standard InChI is InChI=1S/C22H19FN4O/c1-28-18-12-10-17(11-13-18)25-22-26-20-5-3-2-4-19(20)21(27-22)24-14-15-6-8-16(23)9-7-15/h2-13H,14H2,1H3,(H2,24,25,26,27). The number of hydrogen-bond donors (Lipinski definition) is 2. The molecule has 0 fully saturated rings. The van der Waals surface area contributed by atoms with E-state index in [1.54, 1.807) is 19.2 Å². The van der Waals surface area contributed by atoms with Crippen LogP contribution in [0.3, 0.4) is 0 Å². The van der Waals surface area contributed by atoms with Gasteiger partial charge >= 0.3 is 0 Å². The number of benzene rings is 3. The van der Waals surface area contributed by atoms with Crippen molar-refractivity contribution in [2.75, 3.05) is 17.7 Å².